The number of nitrogens with zero attached hydrogens (tertiary/aromatic N) is 2. The van der Waals surface area contributed by atoms with Crippen LogP contribution in [0.25, 0.3) is 0 Å². The molecule has 1 N–H and O–H groups in total. The van der Waals surface area contributed by atoms with Gasteiger partial charge in [0.15, 0.2) is 0 Å². The lowest BCUT2D eigenvalue weighted by molar-refractivity contribution is 0.0475. The minimum absolute atomic E-state index is 0.0976. The van der Waals surface area contributed by atoms with Crippen molar-refractivity contribution in [2.24, 2.45) is 0 Å². The topological polar surface area (TPSA) is 85.5 Å². The van der Waals surface area contributed by atoms with E-state index in [0.717, 1.165) is 31.4 Å². The molecule has 1 aromatic rings. The molecule has 0 aliphatic heterocycles. The predicted octanol–water partition coefficient (Wildman–Crippen LogP) is 1.89. The minimum atomic E-state index is -0.584. The van der Waals surface area contributed by atoms with Gasteiger partial charge in [-0.05, 0) is 19.8 Å². The van der Waals surface area contributed by atoms with Crippen LogP contribution in [0, 0.1) is 0 Å². The van der Waals surface area contributed by atoms with Gasteiger partial charge in [-0.15, -0.1) is 5.10 Å². The first-order valence-corrected chi connectivity index (χ1v) is 7.00. The average molecular weight is 274 g/mol. The molecule has 102 valence electrons. The predicted molar refractivity (Wildman–Crippen MR) is 66.5 cm³/mol. The van der Waals surface area contributed by atoms with Gasteiger partial charge in [-0.3, -0.25) is 0 Å². The molecule has 0 bridgehead atoms. The molecule has 18 heavy (non-hydrogen) atoms. The number of aromatic nitrogens is 2. The lowest BCUT2D eigenvalue weighted by Crippen LogP contribution is -2.04. The summed E-state index contributed by atoms with van der Waals surface area (Å²) in [5, 5.41) is 16.4. The van der Waals surface area contributed by atoms with Crippen molar-refractivity contribution in [2.45, 2.75) is 37.8 Å². The van der Waals surface area contributed by atoms with E-state index >= 15 is 0 Å². The Bertz CT molecular complexity index is 357. The Morgan fingerprint density at radius 1 is 1.33 bits per heavy atom. The van der Waals surface area contributed by atoms with Crippen LogP contribution < -0.4 is 0 Å². The Hall–Kier alpha value is -1.08. The van der Waals surface area contributed by atoms with Crippen molar-refractivity contribution in [3.05, 3.63) is 5.89 Å². The van der Waals surface area contributed by atoms with E-state index < -0.39 is 5.97 Å². The van der Waals surface area contributed by atoms with Gasteiger partial charge >= 0.3 is 11.9 Å². The van der Waals surface area contributed by atoms with E-state index in [1.165, 1.54) is 11.8 Å². The van der Waals surface area contributed by atoms with Gasteiger partial charge in [0.05, 0.1) is 6.61 Å². The molecule has 0 unspecified atom stereocenters. The zero-order chi connectivity index (χ0) is 13.2. The van der Waals surface area contributed by atoms with Gasteiger partial charge in [0, 0.05) is 12.4 Å². The minimum Gasteiger partial charge on any atom is -0.459 e. The van der Waals surface area contributed by atoms with E-state index in [1.807, 2.05) is 0 Å². The van der Waals surface area contributed by atoms with E-state index in [2.05, 4.69) is 10.2 Å². The van der Waals surface area contributed by atoms with Crippen LogP contribution in [0.2, 0.25) is 0 Å². The van der Waals surface area contributed by atoms with Gasteiger partial charge in [-0.1, -0.05) is 29.7 Å². The van der Waals surface area contributed by atoms with Crippen LogP contribution in [0.3, 0.4) is 0 Å². The molecule has 0 atom stereocenters. The molecule has 1 aromatic heterocycles. The number of thioether (sulfide) groups is 1. The van der Waals surface area contributed by atoms with Crippen LogP contribution in [-0.4, -0.2) is 40.2 Å². The smallest absolute Gasteiger partial charge is 0.396 e. The highest BCUT2D eigenvalue weighted by atomic mass is 32.2. The molecule has 0 aromatic carbocycles. The first-order chi connectivity index (χ1) is 8.77. The van der Waals surface area contributed by atoms with E-state index in [1.54, 1.807) is 6.92 Å². The molecule has 7 heteroatoms. The summed E-state index contributed by atoms with van der Waals surface area (Å²) in [5.41, 5.74) is 0. The van der Waals surface area contributed by atoms with Gasteiger partial charge < -0.3 is 14.3 Å². The van der Waals surface area contributed by atoms with Gasteiger partial charge in [-0.25, -0.2) is 4.79 Å². The second-order valence-electron chi connectivity index (χ2n) is 3.58. The average Bonchev–Trinajstić information content (AvgIpc) is 2.83. The largest absolute Gasteiger partial charge is 0.459 e. The molecule has 0 radical (unpaired) electrons. The van der Waals surface area contributed by atoms with Crippen molar-refractivity contribution >= 4 is 17.7 Å². The number of unbranched alkanes of at least 4 members (excludes halogenated alkanes) is 3. The second kappa shape index (κ2) is 8.93. The number of hydrogen-bond donors (Lipinski definition) is 1. The van der Waals surface area contributed by atoms with E-state index in [4.69, 9.17) is 14.3 Å². The molecule has 6 nitrogen and oxygen atoms in total. The van der Waals surface area contributed by atoms with Gasteiger partial charge in [0.25, 0.3) is 5.22 Å². The van der Waals surface area contributed by atoms with Crippen molar-refractivity contribution in [1.29, 1.82) is 0 Å². The number of esters is 1. The number of carbonyl (C=O) groups excluding carboxylic acids is 1. The van der Waals surface area contributed by atoms with E-state index in [-0.39, 0.29) is 19.1 Å². The molecule has 0 amide bonds. The van der Waals surface area contributed by atoms with Crippen LogP contribution in [0.15, 0.2) is 9.64 Å². The second-order valence-corrected chi connectivity index (χ2v) is 4.63. The lowest BCUT2D eigenvalue weighted by Gasteiger charge is -1.97. The Morgan fingerprint density at radius 2 is 2.11 bits per heavy atom. The number of carbonyl (C=O) groups is 1. The monoisotopic (exact) mass is 274 g/mol. The van der Waals surface area contributed by atoms with E-state index in [9.17, 15) is 4.79 Å². The highest BCUT2D eigenvalue weighted by Gasteiger charge is 2.15. The number of rotatable bonds is 9. The number of ether oxygens (including phenoxy) is 1. The zero-order valence-corrected chi connectivity index (χ0v) is 11.2. The highest BCUT2D eigenvalue weighted by molar-refractivity contribution is 7.99. The summed E-state index contributed by atoms with van der Waals surface area (Å²) >= 11 is 1.42. The van der Waals surface area contributed by atoms with E-state index in [0.29, 0.717) is 5.22 Å². The van der Waals surface area contributed by atoms with Crippen molar-refractivity contribution in [3.63, 3.8) is 0 Å². The molecule has 0 saturated heterocycles. The van der Waals surface area contributed by atoms with Crippen LogP contribution in [-0.2, 0) is 4.74 Å². The summed E-state index contributed by atoms with van der Waals surface area (Å²) in [4.78, 5) is 11.3. The van der Waals surface area contributed by atoms with Crippen LogP contribution in [0.4, 0.5) is 0 Å². The first-order valence-electron chi connectivity index (χ1n) is 6.02. The molecule has 0 aliphatic rings. The molecule has 0 spiro atoms. The fourth-order valence-corrected chi connectivity index (χ4v) is 2.03. The third-order valence-corrected chi connectivity index (χ3v) is 3.04. The summed E-state index contributed by atoms with van der Waals surface area (Å²) in [5.74, 6) is 0.176. The molecule has 1 rings (SSSR count). The molecule has 0 saturated carbocycles. The fourth-order valence-electron chi connectivity index (χ4n) is 1.27. The molecule has 0 fully saturated rings. The van der Waals surface area contributed by atoms with Crippen LogP contribution in [0.5, 0.6) is 0 Å². The highest BCUT2D eigenvalue weighted by Crippen LogP contribution is 2.18. The Balaban J connectivity index is 2.21. The quantitative estimate of drug-likeness (QED) is 0.418. The SMILES string of the molecule is CCOC(=O)c1nnc(SCCCCCCO)o1. The van der Waals surface area contributed by atoms with Crippen molar-refractivity contribution in [1.82, 2.24) is 10.2 Å². The molecule has 0 aliphatic carbocycles. The van der Waals surface area contributed by atoms with Crippen molar-refractivity contribution in [2.75, 3.05) is 19.0 Å². The zero-order valence-electron chi connectivity index (χ0n) is 10.4. The van der Waals surface area contributed by atoms with Gasteiger partial charge in [0.1, 0.15) is 0 Å². The summed E-state index contributed by atoms with van der Waals surface area (Å²) < 4.78 is 9.89. The summed E-state index contributed by atoms with van der Waals surface area (Å²) in [7, 11) is 0. The fraction of sp³-hybridized carbons (Fsp3) is 0.727. The maximum absolute atomic E-state index is 11.3. The third kappa shape index (κ3) is 5.50. The third-order valence-electron chi connectivity index (χ3n) is 2.13. The summed E-state index contributed by atoms with van der Waals surface area (Å²) in [6, 6.07) is 0. The standard InChI is InChI=1S/C11H18N2O4S/c1-2-16-10(15)9-12-13-11(17-9)18-8-6-4-3-5-7-14/h14H,2-8H2,1H3. The van der Waals surface area contributed by atoms with Gasteiger partial charge in [0.2, 0.25) is 0 Å². The van der Waals surface area contributed by atoms with Crippen molar-refractivity contribution in [3.8, 4) is 0 Å². The maximum Gasteiger partial charge on any atom is 0.396 e. The van der Waals surface area contributed by atoms with Crippen LogP contribution in [0.1, 0.15) is 43.3 Å². The number of aliphatic hydroxyl groups is 1. The van der Waals surface area contributed by atoms with Crippen LogP contribution >= 0.6 is 11.8 Å². The molecule has 1 heterocycles. The summed E-state index contributed by atoms with van der Waals surface area (Å²) in [6.07, 6.45) is 3.95. The molecular weight excluding hydrogens is 256 g/mol. The number of hydrogen-bond acceptors (Lipinski definition) is 7. The normalized spacial score (nSPS) is 10.6. The summed E-state index contributed by atoms with van der Waals surface area (Å²) in [6.45, 7) is 2.25. The molecular formula is C11H18N2O4S. The first kappa shape index (κ1) is 15.0. The maximum atomic E-state index is 11.3. The number of aliphatic hydroxyl groups excluding tert-OH is 1. The van der Waals surface area contributed by atoms with Crippen molar-refractivity contribution < 1.29 is 19.1 Å². The van der Waals surface area contributed by atoms with Gasteiger partial charge in [-0.2, -0.15) is 0 Å². The lowest BCUT2D eigenvalue weighted by atomic mass is 10.2. The Kier molecular flexibility index (Phi) is 7.43. The Morgan fingerprint density at radius 3 is 2.83 bits per heavy atom. The Labute approximate surface area is 110 Å².